The molecule has 0 bridgehead atoms. The molecule has 0 fully saturated rings. The predicted octanol–water partition coefficient (Wildman–Crippen LogP) is 1.43. The number of hydrogen-bond acceptors (Lipinski definition) is 4. The largest absolute Gasteiger partial charge is 0.497 e. The summed E-state index contributed by atoms with van der Waals surface area (Å²) in [5.41, 5.74) is 1.72. The van der Waals surface area contributed by atoms with E-state index >= 15 is 0 Å². The molecule has 0 aliphatic rings. The SMILES string of the molecule is COc1ccc(Cn2nnc(CO)c2I)cc1. The Hall–Kier alpha value is -1.15. The molecule has 2 aromatic rings. The first-order chi connectivity index (χ1) is 8.24. The number of ether oxygens (including phenoxy) is 1. The Morgan fingerprint density at radius 2 is 2.06 bits per heavy atom. The van der Waals surface area contributed by atoms with Gasteiger partial charge < -0.3 is 9.84 Å². The summed E-state index contributed by atoms with van der Waals surface area (Å²) in [5, 5.41) is 16.9. The topological polar surface area (TPSA) is 60.2 Å². The Morgan fingerprint density at radius 1 is 1.35 bits per heavy atom. The van der Waals surface area contributed by atoms with Gasteiger partial charge in [0.25, 0.3) is 0 Å². The molecule has 5 nitrogen and oxygen atoms in total. The van der Waals surface area contributed by atoms with Gasteiger partial charge in [-0.1, -0.05) is 17.3 Å². The quantitative estimate of drug-likeness (QED) is 0.852. The summed E-state index contributed by atoms with van der Waals surface area (Å²) in [6, 6.07) is 7.78. The summed E-state index contributed by atoms with van der Waals surface area (Å²) >= 11 is 2.13. The maximum absolute atomic E-state index is 9.03. The van der Waals surface area contributed by atoms with Crippen LogP contribution in [-0.2, 0) is 13.2 Å². The lowest BCUT2D eigenvalue weighted by atomic mass is 10.2. The molecule has 90 valence electrons. The van der Waals surface area contributed by atoms with Gasteiger partial charge in [0.1, 0.15) is 15.1 Å². The zero-order valence-electron chi connectivity index (χ0n) is 9.30. The Morgan fingerprint density at radius 3 is 2.59 bits per heavy atom. The van der Waals surface area contributed by atoms with Gasteiger partial charge in [-0.05, 0) is 40.3 Å². The highest BCUT2D eigenvalue weighted by Crippen LogP contribution is 2.14. The van der Waals surface area contributed by atoms with E-state index in [4.69, 9.17) is 9.84 Å². The molecule has 0 aliphatic heterocycles. The lowest BCUT2D eigenvalue weighted by molar-refractivity contribution is 0.275. The van der Waals surface area contributed by atoms with Crippen LogP contribution < -0.4 is 4.74 Å². The van der Waals surface area contributed by atoms with Crippen LogP contribution in [0.25, 0.3) is 0 Å². The van der Waals surface area contributed by atoms with E-state index in [0.29, 0.717) is 12.2 Å². The summed E-state index contributed by atoms with van der Waals surface area (Å²) in [6.07, 6.45) is 0. The molecule has 1 aromatic heterocycles. The average Bonchev–Trinajstić information content (AvgIpc) is 2.71. The summed E-state index contributed by atoms with van der Waals surface area (Å²) < 4.78 is 7.72. The van der Waals surface area contributed by atoms with Crippen LogP contribution in [0.2, 0.25) is 0 Å². The number of aromatic nitrogens is 3. The van der Waals surface area contributed by atoms with Gasteiger partial charge >= 0.3 is 0 Å². The Balaban J connectivity index is 2.16. The fourth-order valence-electron chi connectivity index (χ4n) is 1.44. The van der Waals surface area contributed by atoms with Crippen LogP contribution >= 0.6 is 22.6 Å². The molecule has 0 radical (unpaired) electrons. The highest BCUT2D eigenvalue weighted by Gasteiger charge is 2.08. The van der Waals surface area contributed by atoms with Crippen LogP contribution in [-0.4, -0.2) is 27.2 Å². The molecular formula is C11H12IN3O2. The summed E-state index contributed by atoms with van der Waals surface area (Å²) in [5.74, 6) is 0.832. The van der Waals surface area contributed by atoms with Crippen molar-refractivity contribution in [2.75, 3.05) is 7.11 Å². The van der Waals surface area contributed by atoms with Gasteiger partial charge in [-0.25, -0.2) is 4.68 Å². The van der Waals surface area contributed by atoms with E-state index in [9.17, 15) is 0 Å². The molecule has 6 heteroatoms. The molecule has 0 spiro atoms. The number of hydrogen-bond donors (Lipinski definition) is 1. The second-order valence-corrected chi connectivity index (χ2v) is 4.51. The maximum Gasteiger partial charge on any atom is 0.125 e. The average molecular weight is 345 g/mol. The van der Waals surface area contributed by atoms with E-state index < -0.39 is 0 Å². The summed E-state index contributed by atoms with van der Waals surface area (Å²) in [7, 11) is 1.64. The molecule has 0 atom stereocenters. The normalized spacial score (nSPS) is 10.5. The molecule has 1 aromatic carbocycles. The fraction of sp³-hybridized carbons (Fsp3) is 0.273. The third-order valence-corrected chi connectivity index (χ3v) is 3.56. The van der Waals surface area contributed by atoms with Crippen molar-refractivity contribution in [3.05, 3.63) is 39.2 Å². The van der Waals surface area contributed by atoms with E-state index in [1.165, 1.54) is 0 Å². The minimum atomic E-state index is -0.0825. The number of halogens is 1. The lowest BCUT2D eigenvalue weighted by Crippen LogP contribution is -2.04. The van der Waals surface area contributed by atoms with Crippen molar-refractivity contribution >= 4 is 22.6 Å². The molecule has 0 saturated carbocycles. The molecule has 0 aliphatic carbocycles. The number of rotatable bonds is 4. The van der Waals surface area contributed by atoms with Crippen LogP contribution in [0.5, 0.6) is 5.75 Å². The van der Waals surface area contributed by atoms with Crippen molar-refractivity contribution < 1.29 is 9.84 Å². The van der Waals surface area contributed by atoms with Crippen molar-refractivity contribution in [3.63, 3.8) is 0 Å². The van der Waals surface area contributed by atoms with Crippen molar-refractivity contribution in [1.82, 2.24) is 15.0 Å². The molecule has 0 unspecified atom stereocenters. The lowest BCUT2D eigenvalue weighted by Gasteiger charge is -2.04. The standard InChI is InChI=1S/C11H12IN3O2/c1-17-9-4-2-8(3-5-9)6-15-11(12)10(7-16)13-14-15/h2-5,16H,6-7H2,1H3. The highest BCUT2D eigenvalue weighted by atomic mass is 127. The summed E-state index contributed by atoms with van der Waals surface area (Å²) in [4.78, 5) is 0. The number of benzene rings is 1. The van der Waals surface area contributed by atoms with Crippen molar-refractivity contribution in [2.24, 2.45) is 0 Å². The first kappa shape index (κ1) is 12.3. The van der Waals surface area contributed by atoms with Gasteiger partial charge in [-0.15, -0.1) is 5.10 Å². The van der Waals surface area contributed by atoms with E-state index in [1.54, 1.807) is 11.8 Å². The van der Waals surface area contributed by atoms with Crippen LogP contribution in [0.3, 0.4) is 0 Å². The third-order valence-electron chi connectivity index (χ3n) is 2.38. The molecule has 0 amide bonds. The zero-order chi connectivity index (χ0) is 12.3. The smallest absolute Gasteiger partial charge is 0.125 e. The summed E-state index contributed by atoms with van der Waals surface area (Å²) in [6.45, 7) is 0.552. The second-order valence-electron chi connectivity index (χ2n) is 3.49. The first-order valence-electron chi connectivity index (χ1n) is 5.06. The van der Waals surface area contributed by atoms with Gasteiger partial charge in [-0.2, -0.15) is 0 Å². The van der Waals surface area contributed by atoms with Gasteiger partial charge in [0, 0.05) is 0 Å². The fourth-order valence-corrected chi connectivity index (χ4v) is 1.98. The Kier molecular flexibility index (Phi) is 3.95. The number of methoxy groups -OCH3 is 1. The van der Waals surface area contributed by atoms with Crippen LogP contribution in [0.4, 0.5) is 0 Å². The second kappa shape index (κ2) is 5.46. The predicted molar refractivity (Wildman–Crippen MR) is 70.8 cm³/mol. The molecule has 17 heavy (non-hydrogen) atoms. The van der Waals surface area contributed by atoms with Crippen molar-refractivity contribution in [2.45, 2.75) is 13.2 Å². The first-order valence-corrected chi connectivity index (χ1v) is 6.14. The minimum Gasteiger partial charge on any atom is -0.497 e. The Bertz CT molecular complexity index is 496. The maximum atomic E-state index is 9.03. The van der Waals surface area contributed by atoms with Gasteiger partial charge in [0.15, 0.2) is 0 Å². The van der Waals surface area contributed by atoms with Crippen molar-refractivity contribution in [3.8, 4) is 5.75 Å². The molecule has 0 saturated heterocycles. The highest BCUT2D eigenvalue weighted by molar-refractivity contribution is 14.1. The molecule has 1 heterocycles. The number of aliphatic hydroxyl groups is 1. The molecular weight excluding hydrogens is 333 g/mol. The zero-order valence-corrected chi connectivity index (χ0v) is 11.5. The van der Waals surface area contributed by atoms with Crippen molar-refractivity contribution in [1.29, 1.82) is 0 Å². The van der Waals surface area contributed by atoms with Crippen LogP contribution in [0.15, 0.2) is 24.3 Å². The van der Waals surface area contributed by atoms with E-state index in [1.807, 2.05) is 24.3 Å². The van der Waals surface area contributed by atoms with Gasteiger partial charge in [0.2, 0.25) is 0 Å². The molecule has 1 N–H and O–H groups in total. The monoisotopic (exact) mass is 345 g/mol. The number of nitrogens with zero attached hydrogens (tertiary/aromatic N) is 3. The third kappa shape index (κ3) is 2.75. The van der Waals surface area contributed by atoms with Crippen LogP contribution in [0.1, 0.15) is 11.3 Å². The van der Waals surface area contributed by atoms with E-state index in [-0.39, 0.29) is 6.61 Å². The Labute approximate surface area is 113 Å². The van der Waals surface area contributed by atoms with Crippen LogP contribution in [0, 0.1) is 3.70 Å². The molecule has 2 rings (SSSR count). The number of aliphatic hydroxyl groups excluding tert-OH is 1. The van der Waals surface area contributed by atoms with Gasteiger partial charge in [0.05, 0.1) is 20.3 Å². The van der Waals surface area contributed by atoms with E-state index in [2.05, 4.69) is 32.9 Å². The van der Waals surface area contributed by atoms with E-state index in [0.717, 1.165) is 15.0 Å². The minimum absolute atomic E-state index is 0.0825. The van der Waals surface area contributed by atoms with Gasteiger partial charge in [-0.3, -0.25) is 0 Å².